The van der Waals surface area contributed by atoms with Crippen molar-refractivity contribution < 1.29 is 5.11 Å². The molecule has 0 amide bonds. The molecule has 66 valence electrons. The van der Waals surface area contributed by atoms with E-state index < -0.39 is 0 Å². The predicted octanol–water partition coefficient (Wildman–Crippen LogP) is 1.15. The van der Waals surface area contributed by atoms with Gasteiger partial charge in [-0.15, -0.1) is 0 Å². The zero-order chi connectivity index (χ0) is 7.94. The lowest BCUT2D eigenvalue weighted by Crippen LogP contribution is -2.17. The van der Waals surface area contributed by atoms with Crippen molar-refractivity contribution in [2.24, 2.45) is 5.92 Å². The molecule has 0 aromatic carbocycles. The molecule has 0 radical (unpaired) electrons. The van der Waals surface area contributed by atoms with Gasteiger partial charge in [0.25, 0.3) is 0 Å². The fourth-order valence-electron chi connectivity index (χ4n) is 1.20. The molecule has 1 fully saturated rings. The minimum Gasteiger partial charge on any atom is -0.396 e. The van der Waals surface area contributed by atoms with E-state index in [0.717, 1.165) is 25.3 Å². The maximum absolute atomic E-state index is 8.49. The van der Waals surface area contributed by atoms with Crippen molar-refractivity contribution in [2.75, 3.05) is 19.7 Å². The first-order valence-corrected chi connectivity index (χ1v) is 4.75. The number of unbranched alkanes of at least 4 members (excludes halogenated alkanes) is 1. The first kappa shape index (κ1) is 9.01. The number of aliphatic hydroxyl groups is 1. The van der Waals surface area contributed by atoms with Gasteiger partial charge in [-0.25, -0.2) is 0 Å². The Morgan fingerprint density at radius 3 is 2.64 bits per heavy atom. The van der Waals surface area contributed by atoms with E-state index in [1.165, 1.54) is 25.8 Å². The van der Waals surface area contributed by atoms with E-state index >= 15 is 0 Å². The van der Waals surface area contributed by atoms with Gasteiger partial charge in [0.2, 0.25) is 0 Å². The average molecular weight is 157 g/mol. The third-order valence-corrected chi connectivity index (χ3v) is 2.19. The molecule has 0 saturated heterocycles. The highest BCUT2D eigenvalue weighted by atomic mass is 16.2. The van der Waals surface area contributed by atoms with Crippen molar-refractivity contribution in [1.29, 1.82) is 0 Å². The molecule has 0 spiro atoms. The molecule has 1 aliphatic carbocycles. The van der Waals surface area contributed by atoms with Crippen LogP contribution in [0.2, 0.25) is 0 Å². The Kier molecular flexibility index (Phi) is 4.55. The molecular weight excluding hydrogens is 138 g/mol. The predicted molar refractivity (Wildman–Crippen MR) is 46.5 cm³/mol. The lowest BCUT2D eigenvalue weighted by Gasteiger charge is -2.01. The summed E-state index contributed by atoms with van der Waals surface area (Å²) >= 11 is 0. The summed E-state index contributed by atoms with van der Waals surface area (Å²) in [6.45, 7) is 2.59. The van der Waals surface area contributed by atoms with Crippen LogP contribution < -0.4 is 5.32 Å². The Balaban J connectivity index is 1.66. The Morgan fingerprint density at radius 2 is 2.00 bits per heavy atom. The molecule has 2 nitrogen and oxygen atoms in total. The van der Waals surface area contributed by atoms with Gasteiger partial charge in [-0.3, -0.25) is 0 Å². The number of hydrogen-bond acceptors (Lipinski definition) is 2. The maximum atomic E-state index is 8.49. The third-order valence-electron chi connectivity index (χ3n) is 2.19. The standard InChI is InChI=1S/C9H19NO/c11-8-2-1-6-10-7-5-9-3-4-9/h9-11H,1-8H2. The molecule has 0 atom stereocenters. The lowest BCUT2D eigenvalue weighted by atomic mass is 10.3. The van der Waals surface area contributed by atoms with Gasteiger partial charge in [0, 0.05) is 6.61 Å². The molecule has 0 aromatic heterocycles. The fraction of sp³-hybridized carbons (Fsp3) is 1.00. The smallest absolute Gasteiger partial charge is 0.0431 e. The molecule has 2 heteroatoms. The van der Waals surface area contributed by atoms with Crippen LogP contribution in [0.5, 0.6) is 0 Å². The van der Waals surface area contributed by atoms with Gasteiger partial charge in [-0.1, -0.05) is 12.8 Å². The Morgan fingerprint density at radius 1 is 1.18 bits per heavy atom. The van der Waals surface area contributed by atoms with E-state index in [-0.39, 0.29) is 0 Å². The molecule has 0 unspecified atom stereocenters. The molecule has 11 heavy (non-hydrogen) atoms. The fourth-order valence-corrected chi connectivity index (χ4v) is 1.20. The number of nitrogens with one attached hydrogen (secondary N) is 1. The van der Waals surface area contributed by atoms with Crippen LogP contribution in [0.4, 0.5) is 0 Å². The van der Waals surface area contributed by atoms with Gasteiger partial charge in [0.1, 0.15) is 0 Å². The molecule has 2 N–H and O–H groups in total. The van der Waals surface area contributed by atoms with E-state index in [4.69, 9.17) is 5.11 Å². The van der Waals surface area contributed by atoms with Crippen LogP contribution in [-0.2, 0) is 0 Å². The normalized spacial score (nSPS) is 17.2. The van der Waals surface area contributed by atoms with Crippen LogP contribution in [0.25, 0.3) is 0 Å². The van der Waals surface area contributed by atoms with E-state index in [2.05, 4.69) is 5.32 Å². The van der Waals surface area contributed by atoms with Crippen molar-refractivity contribution >= 4 is 0 Å². The van der Waals surface area contributed by atoms with Crippen LogP contribution in [0.3, 0.4) is 0 Å². The van der Waals surface area contributed by atoms with Crippen molar-refractivity contribution in [2.45, 2.75) is 32.1 Å². The zero-order valence-electron chi connectivity index (χ0n) is 7.18. The topological polar surface area (TPSA) is 32.3 Å². The molecule has 0 bridgehead atoms. The SMILES string of the molecule is OCCCCNCCC1CC1. The van der Waals surface area contributed by atoms with Gasteiger partial charge in [-0.2, -0.15) is 0 Å². The van der Waals surface area contributed by atoms with Crippen LogP contribution in [0.15, 0.2) is 0 Å². The minimum absolute atomic E-state index is 0.338. The summed E-state index contributed by atoms with van der Waals surface area (Å²) in [6.07, 6.45) is 6.33. The summed E-state index contributed by atoms with van der Waals surface area (Å²) in [5.74, 6) is 1.04. The Labute approximate surface area is 69.0 Å². The highest BCUT2D eigenvalue weighted by Gasteiger charge is 2.19. The summed E-state index contributed by atoms with van der Waals surface area (Å²) in [6, 6.07) is 0. The quantitative estimate of drug-likeness (QED) is 0.543. The van der Waals surface area contributed by atoms with Crippen LogP contribution >= 0.6 is 0 Å². The van der Waals surface area contributed by atoms with Crippen molar-refractivity contribution in [3.05, 3.63) is 0 Å². The second kappa shape index (κ2) is 5.56. The molecule has 0 aliphatic heterocycles. The van der Waals surface area contributed by atoms with Crippen molar-refractivity contribution in [1.82, 2.24) is 5.32 Å². The van der Waals surface area contributed by atoms with Gasteiger partial charge >= 0.3 is 0 Å². The van der Waals surface area contributed by atoms with Crippen LogP contribution in [0, 0.1) is 5.92 Å². The average Bonchev–Trinajstić information content (AvgIpc) is 2.80. The Bertz CT molecular complexity index is 91.6. The molecule has 1 saturated carbocycles. The van der Waals surface area contributed by atoms with Gasteiger partial charge < -0.3 is 10.4 Å². The highest BCUT2D eigenvalue weighted by molar-refractivity contribution is 4.73. The van der Waals surface area contributed by atoms with E-state index in [1.54, 1.807) is 0 Å². The third kappa shape index (κ3) is 5.22. The van der Waals surface area contributed by atoms with Crippen LogP contribution in [-0.4, -0.2) is 24.8 Å². The number of aliphatic hydroxyl groups excluding tert-OH is 1. The highest BCUT2D eigenvalue weighted by Crippen LogP contribution is 2.31. The summed E-state index contributed by atoms with van der Waals surface area (Å²) in [5, 5.41) is 11.9. The monoisotopic (exact) mass is 157 g/mol. The van der Waals surface area contributed by atoms with E-state index in [1.807, 2.05) is 0 Å². The molecule has 1 aliphatic rings. The maximum Gasteiger partial charge on any atom is 0.0431 e. The van der Waals surface area contributed by atoms with Gasteiger partial charge in [-0.05, 0) is 38.3 Å². The summed E-state index contributed by atoms with van der Waals surface area (Å²) < 4.78 is 0. The molecule has 1 rings (SSSR count). The molecule has 0 heterocycles. The van der Waals surface area contributed by atoms with Crippen molar-refractivity contribution in [3.8, 4) is 0 Å². The second-order valence-corrected chi connectivity index (χ2v) is 3.41. The van der Waals surface area contributed by atoms with Gasteiger partial charge in [0.15, 0.2) is 0 Å². The van der Waals surface area contributed by atoms with Crippen molar-refractivity contribution in [3.63, 3.8) is 0 Å². The molecular formula is C9H19NO. The molecule has 0 aromatic rings. The summed E-state index contributed by atoms with van der Waals surface area (Å²) in [4.78, 5) is 0. The zero-order valence-corrected chi connectivity index (χ0v) is 7.18. The number of rotatable bonds is 7. The van der Waals surface area contributed by atoms with Crippen LogP contribution in [0.1, 0.15) is 32.1 Å². The van der Waals surface area contributed by atoms with E-state index in [9.17, 15) is 0 Å². The number of hydrogen-bond donors (Lipinski definition) is 2. The second-order valence-electron chi connectivity index (χ2n) is 3.41. The van der Waals surface area contributed by atoms with Gasteiger partial charge in [0.05, 0.1) is 0 Å². The minimum atomic E-state index is 0.338. The first-order valence-electron chi connectivity index (χ1n) is 4.75. The summed E-state index contributed by atoms with van der Waals surface area (Å²) in [5.41, 5.74) is 0. The lowest BCUT2D eigenvalue weighted by molar-refractivity contribution is 0.283. The Hall–Kier alpha value is -0.0800. The first-order chi connectivity index (χ1) is 5.43. The largest absolute Gasteiger partial charge is 0.396 e. The summed E-state index contributed by atoms with van der Waals surface area (Å²) in [7, 11) is 0. The van der Waals surface area contributed by atoms with E-state index in [0.29, 0.717) is 6.61 Å².